The maximum atomic E-state index is 13.1. The van der Waals surface area contributed by atoms with Crippen LogP contribution >= 0.6 is 0 Å². The van der Waals surface area contributed by atoms with Gasteiger partial charge < -0.3 is 11.1 Å². The van der Waals surface area contributed by atoms with Crippen LogP contribution in [0.1, 0.15) is 50.6 Å². The van der Waals surface area contributed by atoms with Crippen LogP contribution in [0.2, 0.25) is 0 Å². The van der Waals surface area contributed by atoms with Crippen LogP contribution in [0.25, 0.3) is 0 Å². The second-order valence-electron chi connectivity index (χ2n) is 5.59. The van der Waals surface area contributed by atoms with Crippen molar-refractivity contribution in [2.75, 3.05) is 0 Å². The van der Waals surface area contributed by atoms with Crippen molar-refractivity contribution in [1.82, 2.24) is 5.32 Å². The molecule has 1 aliphatic rings. The molecule has 0 spiro atoms. The van der Waals surface area contributed by atoms with Gasteiger partial charge in [-0.25, -0.2) is 4.39 Å². The van der Waals surface area contributed by atoms with Gasteiger partial charge >= 0.3 is 0 Å². The van der Waals surface area contributed by atoms with Gasteiger partial charge in [-0.2, -0.15) is 0 Å². The predicted molar refractivity (Wildman–Crippen MR) is 73.0 cm³/mol. The van der Waals surface area contributed by atoms with Crippen LogP contribution in [0, 0.1) is 5.82 Å². The summed E-state index contributed by atoms with van der Waals surface area (Å²) in [5.41, 5.74) is 6.61. The maximum absolute atomic E-state index is 13.1. The SMILES string of the molecule is C[C@@H](NC(=O)CC1(N)CCCC1)c1cccc(F)c1. The zero-order chi connectivity index (χ0) is 13.9. The lowest BCUT2D eigenvalue weighted by molar-refractivity contribution is -0.122. The monoisotopic (exact) mass is 264 g/mol. The smallest absolute Gasteiger partial charge is 0.222 e. The van der Waals surface area contributed by atoms with Crippen molar-refractivity contribution in [3.63, 3.8) is 0 Å². The Bertz CT molecular complexity index is 455. The van der Waals surface area contributed by atoms with Crippen molar-refractivity contribution in [2.45, 2.75) is 50.6 Å². The molecule has 3 nitrogen and oxygen atoms in total. The van der Waals surface area contributed by atoms with Crippen LogP contribution in [0.5, 0.6) is 0 Å². The Morgan fingerprint density at radius 2 is 2.16 bits per heavy atom. The van der Waals surface area contributed by atoms with E-state index in [2.05, 4.69) is 5.32 Å². The number of carbonyl (C=O) groups is 1. The van der Waals surface area contributed by atoms with Crippen molar-refractivity contribution in [1.29, 1.82) is 0 Å². The molecular formula is C15H21FN2O. The molecule has 1 atom stereocenters. The van der Waals surface area contributed by atoms with Gasteiger partial charge in [0.15, 0.2) is 0 Å². The van der Waals surface area contributed by atoms with Crippen molar-refractivity contribution in [3.8, 4) is 0 Å². The fourth-order valence-electron chi connectivity index (χ4n) is 2.73. The molecule has 3 N–H and O–H groups in total. The van der Waals surface area contributed by atoms with Crippen LogP contribution in [-0.2, 0) is 4.79 Å². The van der Waals surface area contributed by atoms with Gasteiger partial charge in [-0.05, 0) is 37.5 Å². The van der Waals surface area contributed by atoms with Gasteiger partial charge in [0.25, 0.3) is 0 Å². The van der Waals surface area contributed by atoms with Gasteiger partial charge in [0, 0.05) is 12.0 Å². The molecule has 0 saturated heterocycles. The van der Waals surface area contributed by atoms with Crippen molar-refractivity contribution in [2.24, 2.45) is 5.73 Å². The summed E-state index contributed by atoms with van der Waals surface area (Å²) < 4.78 is 13.1. The number of amides is 1. The first-order valence-electron chi connectivity index (χ1n) is 6.82. The molecule has 1 aromatic carbocycles. The first-order chi connectivity index (χ1) is 8.98. The summed E-state index contributed by atoms with van der Waals surface area (Å²) >= 11 is 0. The number of halogens is 1. The summed E-state index contributed by atoms with van der Waals surface area (Å²) in [6.45, 7) is 1.85. The van der Waals surface area contributed by atoms with E-state index in [4.69, 9.17) is 5.73 Å². The summed E-state index contributed by atoms with van der Waals surface area (Å²) in [6, 6.07) is 6.09. The Balaban J connectivity index is 1.91. The Labute approximate surface area is 113 Å². The van der Waals surface area contributed by atoms with E-state index in [0.29, 0.717) is 6.42 Å². The molecule has 0 aliphatic heterocycles. The first kappa shape index (κ1) is 14.0. The third kappa shape index (κ3) is 3.77. The van der Waals surface area contributed by atoms with Crippen LogP contribution in [0.3, 0.4) is 0 Å². The Kier molecular flexibility index (Phi) is 4.20. The average molecular weight is 264 g/mol. The molecule has 19 heavy (non-hydrogen) atoms. The number of benzene rings is 1. The van der Waals surface area contributed by atoms with Crippen LogP contribution in [0.15, 0.2) is 24.3 Å². The summed E-state index contributed by atoms with van der Waals surface area (Å²) in [4.78, 5) is 12.0. The normalized spacial score (nSPS) is 19.1. The molecule has 0 unspecified atom stereocenters. The second kappa shape index (κ2) is 5.70. The molecule has 1 amide bonds. The third-order valence-corrected chi connectivity index (χ3v) is 3.84. The summed E-state index contributed by atoms with van der Waals surface area (Å²) in [7, 11) is 0. The Morgan fingerprint density at radius 1 is 1.47 bits per heavy atom. The van der Waals surface area contributed by atoms with E-state index in [9.17, 15) is 9.18 Å². The lowest BCUT2D eigenvalue weighted by Crippen LogP contribution is -2.42. The highest BCUT2D eigenvalue weighted by atomic mass is 19.1. The van der Waals surface area contributed by atoms with Gasteiger partial charge in [-0.15, -0.1) is 0 Å². The number of nitrogens with two attached hydrogens (primary N) is 1. The van der Waals surface area contributed by atoms with Gasteiger partial charge in [-0.3, -0.25) is 4.79 Å². The molecule has 0 aromatic heterocycles. The number of hydrogen-bond acceptors (Lipinski definition) is 2. The van der Waals surface area contributed by atoms with Gasteiger partial charge in [0.05, 0.1) is 6.04 Å². The minimum Gasteiger partial charge on any atom is -0.350 e. The molecule has 0 heterocycles. The standard InChI is InChI=1S/C15H21FN2O/c1-11(12-5-4-6-13(16)9-12)18-14(19)10-15(17)7-2-3-8-15/h4-6,9,11H,2-3,7-8,10,17H2,1H3,(H,18,19)/t11-/m1/s1. The second-order valence-corrected chi connectivity index (χ2v) is 5.59. The Hall–Kier alpha value is -1.42. The van der Waals surface area contributed by atoms with E-state index in [0.717, 1.165) is 31.2 Å². The fourth-order valence-corrected chi connectivity index (χ4v) is 2.73. The molecule has 1 saturated carbocycles. The summed E-state index contributed by atoms with van der Waals surface area (Å²) in [6.07, 6.45) is 4.38. The third-order valence-electron chi connectivity index (χ3n) is 3.84. The number of hydrogen-bond donors (Lipinski definition) is 2. The number of carbonyl (C=O) groups excluding carboxylic acids is 1. The topological polar surface area (TPSA) is 55.1 Å². The number of nitrogens with one attached hydrogen (secondary N) is 1. The van der Waals surface area contributed by atoms with Crippen LogP contribution in [-0.4, -0.2) is 11.4 Å². The first-order valence-corrected chi connectivity index (χ1v) is 6.82. The number of rotatable bonds is 4. The zero-order valence-electron chi connectivity index (χ0n) is 11.3. The Morgan fingerprint density at radius 3 is 2.79 bits per heavy atom. The van der Waals surface area contributed by atoms with E-state index < -0.39 is 0 Å². The molecule has 1 aliphatic carbocycles. The van der Waals surface area contributed by atoms with E-state index in [1.807, 2.05) is 13.0 Å². The van der Waals surface area contributed by atoms with Gasteiger partial charge in [0.2, 0.25) is 5.91 Å². The predicted octanol–water partition coefficient (Wildman–Crippen LogP) is 2.66. The fraction of sp³-hybridized carbons (Fsp3) is 0.533. The molecule has 104 valence electrons. The van der Waals surface area contributed by atoms with E-state index in [1.54, 1.807) is 6.07 Å². The maximum Gasteiger partial charge on any atom is 0.222 e. The highest BCUT2D eigenvalue weighted by Gasteiger charge is 2.31. The van der Waals surface area contributed by atoms with Crippen LogP contribution in [0.4, 0.5) is 4.39 Å². The minimum atomic E-state index is -0.342. The van der Waals surface area contributed by atoms with E-state index in [-0.39, 0.29) is 23.3 Å². The van der Waals surface area contributed by atoms with E-state index >= 15 is 0 Å². The molecule has 1 aromatic rings. The lowest BCUT2D eigenvalue weighted by atomic mass is 9.94. The molecule has 0 radical (unpaired) electrons. The highest BCUT2D eigenvalue weighted by Crippen LogP contribution is 2.30. The zero-order valence-corrected chi connectivity index (χ0v) is 11.3. The largest absolute Gasteiger partial charge is 0.350 e. The molecular weight excluding hydrogens is 243 g/mol. The van der Waals surface area contributed by atoms with Crippen molar-refractivity contribution in [3.05, 3.63) is 35.6 Å². The lowest BCUT2D eigenvalue weighted by Gasteiger charge is -2.24. The highest BCUT2D eigenvalue weighted by molar-refractivity contribution is 5.77. The quantitative estimate of drug-likeness (QED) is 0.878. The molecule has 4 heteroatoms. The van der Waals surface area contributed by atoms with Crippen molar-refractivity contribution < 1.29 is 9.18 Å². The molecule has 0 bridgehead atoms. The molecule has 2 rings (SSSR count). The van der Waals surface area contributed by atoms with E-state index in [1.165, 1.54) is 12.1 Å². The van der Waals surface area contributed by atoms with Gasteiger partial charge in [0.1, 0.15) is 5.82 Å². The summed E-state index contributed by atoms with van der Waals surface area (Å²) in [5, 5.41) is 2.89. The van der Waals surface area contributed by atoms with Crippen LogP contribution < -0.4 is 11.1 Å². The average Bonchev–Trinajstić information content (AvgIpc) is 2.75. The molecule has 1 fully saturated rings. The minimum absolute atomic E-state index is 0.0545. The van der Waals surface area contributed by atoms with Crippen molar-refractivity contribution >= 4 is 5.91 Å². The van der Waals surface area contributed by atoms with Gasteiger partial charge in [-0.1, -0.05) is 25.0 Å². The summed E-state index contributed by atoms with van der Waals surface area (Å²) in [5.74, 6) is -0.342.